The Morgan fingerprint density at radius 3 is 2.58 bits per heavy atom. The van der Waals surface area contributed by atoms with Crippen LogP contribution in [0.4, 0.5) is 10.8 Å². The fourth-order valence-electron chi connectivity index (χ4n) is 3.91. The number of nitrogens with zero attached hydrogens (tertiary/aromatic N) is 3. The Morgan fingerprint density at radius 1 is 1.06 bits per heavy atom. The zero-order chi connectivity index (χ0) is 23.2. The number of thiazole rings is 1. The average Bonchev–Trinajstić information content (AvgIpc) is 3.32. The first kappa shape index (κ1) is 21.4. The van der Waals surface area contributed by atoms with Crippen LogP contribution in [0.5, 0.6) is 0 Å². The van der Waals surface area contributed by atoms with Crippen molar-refractivity contribution in [3.63, 3.8) is 0 Å². The summed E-state index contributed by atoms with van der Waals surface area (Å²) < 4.78 is 33.1. The van der Waals surface area contributed by atoms with Gasteiger partial charge in [0, 0.05) is 11.9 Å². The van der Waals surface area contributed by atoms with E-state index < -0.39 is 35.1 Å². The van der Waals surface area contributed by atoms with E-state index in [0.29, 0.717) is 22.7 Å². The normalized spacial score (nSPS) is 14.0. The molecule has 10 heteroatoms. The summed E-state index contributed by atoms with van der Waals surface area (Å²) in [6, 6.07) is 17.8. The average molecular weight is 482 g/mol. The second-order valence-corrected chi connectivity index (χ2v) is 10.2. The number of anilines is 2. The number of esters is 1. The Labute approximate surface area is 194 Å². The molecule has 0 radical (unpaired) electrons. The summed E-state index contributed by atoms with van der Waals surface area (Å²) in [5, 5.41) is 1.87. The van der Waals surface area contributed by atoms with E-state index in [-0.39, 0.29) is 4.90 Å². The topological polar surface area (TPSA) is 96.9 Å². The van der Waals surface area contributed by atoms with Crippen LogP contribution in [-0.2, 0) is 24.3 Å². The van der Waals surface area contributed by atoms with Gasteiger partial charge in [0.05, 0.1) is 20.8 Å². The Hall–Kier alpha value is -3.50. The number of likely N-dealkylation sites (N-methyl/N-ethyl adjacent to an activating group) is 1. The lowest BCUT2D eigenvalue weighted by Crippen LogP contribution is -2.37. The van der Waals surface area contributed by atoms with Crippen LogP contribution < -0.4 is 9.21 Å². The summed E-state index contributed by atoms with van der Waals surface area (Å²) in [5.74, 6) is -1.24. The first-order valence-electron chi connectivity index (χ1n) is 10.3. The molecule has 0 saturated carbocycles. The molecule has 1 aliphatic rings. The van der Waals surface area contributed by atoms with Gasteiger partial charge in [-0.2, -0.15) is 0 Å². The third-order valence-corrected chi connectivity index (χ3v) is 8.30. The van der Waals surface area contributed by atoms with Gasteiger partial charge in [-0.1, -0.05) is 47.7 Å². The summed E-state index contributed by atoms with van der Waals surface area (Å²) in [7, 11) is -3.88. The Bertz CT molecular complexity index is 1470. The van der Waals surface area contributed by atoms with Gasteiger partial charge in [0.15, 0.2) is 11.7 Å². The van der Waals surface area contributed by atoms with E-state index in [0.717, 1.165) is 19.9 Å². The highest BCUT2D eigenvalue weighted by Crippen LogP contribution is 2.41. The van der Waals surface area contributed by atoms with Crippen molar-refractivity contribution in [3.8, 4) is 0 Å². The smallest absolute Gasteiger partial charge is 0.327 e. The van der Waals surface area contributed by atoms with Gasteiger partial charge in [-0.3, -0.25) is 18.8 Å². The van der Waals surface area contributed by atoms with Crippen LogP contribution in [0.1, 0.15) is 6.92 Å². The van der Waals surface area contributed by atoms with Gasteiger partial charge >= 0.3 is 5.97 Å². The molecular weight excluding hydrogens is 462 g/mol. The monoisotopic (exact) mass is 481 g/mol. The van der Waals surface area contributed by atoms with E-state index >= 15 is 0 Å². The van der Waals surface area contributed by atoms with Crippen LogP contribution in [0.3, 0.4) is 0 Å². The molecular formula is C23H19N3O5S2. The highest BCUT2D eigenvalue weighted by atomic mass is 32.2. The van der Waals surface area contributed by atoms with Crippen LogP contribution in [0.15, 0.2) is 65.6 Å². The second kappa shape index (κ2) is 8.13. The number of hydrogen-bond acceptors (Lipinski definition) is 7. The summed E-state index contributed by atoms with van der Waals surface area (Å²) in [6.45, 7) is 1.14. The lowest BCUT2D eigenvalue weighted by molar-refractivity contribution is -0.146. The lowest BCUT2D eigenvalue weighted by atomic mass is 10.1. The van der Waals surface area contributed by atoms with E-state index in [2.05, 4.69) is 4.98 Å². The summed E-state index contributed by atoms with van der Waals surface area (Å²) in [6.07, 6.45) is 0. The molecule has 2 heterocycles. The number of carbonyl (C=O) groups is 2. The van der Waals surface area contributed by atoms with E-state index in [9.17, 15) is 18.0 Å². The second-order valence-electron chi connectivity index (χ2n) is 7.41. The zero-order valence-electron chi connectivity index (χ0n) is 17.6. The Kier molecular flexibility index (Phi) is 5.26. The number of hydrogen-bond donors (Lipinski definition) is 0. The van der Waals surface area contributed by atoms with Crippen molar-refractivity contribution in [3.05, 3.63) is 60.7 Å². The van der Waals surface area contributed by atoms with Gasteiger partial charge in [-0.05, 0) is 36.6 Å². The number of amides is 1. The maximum Gasteiger partial charge on any atom is 0.327 e. The van der Waals surface area contributed by atoms with Gasteiger partial charge in [-0.25, -0.2) is 13.4 Å². The minimum atomic E-state index is -3.88. The standard InChI is InChI=1S/C23H19N3O5S2/c1-2-25(23-24-16-9-3-4-11-18(16)32-23)20(27)14-31-21(28)13-26-17-10-5-7-15-8-6-12-19(22(15)17)33(26,29)30/h3-12H,2,13-14H2,1H3. The lowest BCUT2D eigenvalue weighted by Gasteiger charge is -2.19. The highest BCUT2D eigenvalue weighted by Gasteiger charge is 2.37. The van der Waals surface area contributed by atoms with Crippen LogP contribution in [0.2, 0.25) is 0 Å². The van der Waals surface area contributed by atoms with Crippen molar-refractivity contribution >= 4 is 65.0 Å². The van der Waals surface area contributed by atoms with Gasteiger partial charge in [0.2, 0.25) is 0 Å². The number of ether oxygens (including phenoxy) is 1. The number of carbonyl (C=O) groups excluding carboxylic acids is 2. The van der Waals surface area contributed by atoms with Crippen LogP contribution >= 0.6 is 11.3 Å². The molecule has 5 rings (SSSR count). The molecule has 0 saturated heterocycles. The van der Waals surface area contributed by atoms with Gasteiger partial charge in [0.1, 0.15) is 6.54 Å². The van der Waals surface area contributed by atoms with Gasteiger partial charge in [-0.15, -0.1) is 0 Å². The molecule has 1 aromatic heterocycles. The third kappa shape index (κ3) is 3.61. The minimum Gasteiger partial charge on any atom is -0.454 e. The van der Waals surface area contributed by atoms with Crippen molar-refractivity contribution in [2.45, 2.75) is 11.8 Å². The van der Waals surface area contributed by atoms with Gasteiger partial charge < -0.3 is 4.74 Å². The number of benzene rings is 3. The molecule has 8 nitrogen and oxygen atoms in total. The van der Waals surface area contributed by atoms with Gasteiger partial charge in [0.25, 0.3) is 15.9 Å². The van der Waals surface area contributed by atoms with Crippen molar-refractivity contribution in [1.29, 1.82) is 0 Å². The van der Waals surface area contributed by atoms with Crippen LogP contribution in [0.25, 0.3) is 21.0 Å². The SMILES string of the molecule is CCN(C(=O)COC(=O)CN1c2cccc3cccc(c23)S1(=O)=O)c1nc2ccccc2s1. The summed E-state index contributed by atoms with van der Waals surface area (Å²) in [5.41, 5.74) is 1.21. The molecule has 4 aromatic rings. The molecule has 0 N–H and O–H groups in total. The molecule has 1 amide bonds. The van der Waals surface area contributed by atoms with Crippen LogP contribution in [-0.4, -0.2) is 45.0 Å². The highest BCUT2D eigenvalue weighted by molar-refractivity contribution is 7.93. The molecule has 1 aliphatic heterocycles. The predicted molar refractivity (Wildman–Crippen MR) is 127 cm³/mol. The van der Waals surface area contributed by atoms with Crippen molar-refractivity contribution in [2.75, 3.05) is 28.9 Å². The van der Waals surface area contributed by atoms with E-state index in [4.69, 9.17) is 4.74 Å². The molecule has 0 atom stereocenters. The molecule has 0 unspecified atom stereocenters. The minimum absolute atomic E-state index is 0.160. The first-order valence-corrected chi connectivity index (χ1v) is 12.5. The first-order chi connectivity index (χ1) is 15.9. The number of para-hydroxylation sites is 1. The number of sulfonamides is 1. The number of rotatable bonds is 6. The zero-order valence-corrected chi connectivity index (χ0v) is 19.2. The summed E-state index contributed by atoms with van der Waals surface area (Å²) >= 11 is 1.37. The molecule has 0 bridgehead atoms. The molecule has 33 heavy (non-hydrogen) atoms. The van der Waals surface area contributed by atoms with Crippen molar-refractivity contribution in [2.24, 2.45) is 0 Å². The molecule has 0 spiro atoms. The number of aromatic nitrogens is 1. The molecule has 0 aliphatic carbocycles. The fourth-order valence-corrected chi connectivity index (χ4v) is 6.61. The Balaban J connectivity index is 1.30. The largest absolute Gasteiger partial charge is 0.454 e. The van der Waals surface area contributed by atoms with E-state index in [1.54, 1.807) is 25.1 Å². The molecule has 3 aromatic carbocycles. The molecule has 168 valence electrons. The van der Waals surface area contributed by atoms with E-state index in [1.807, 2.05) is 36.4 Å². The fraction of sp³-hybridized carbons (Fsp3) is 0.174. The van der Waals surface area contributed by atoms with Crippen molar-refractivity contribution < 1.29 is 22.7 Å². The quantitative estimate of drug-likeness (QED) is 0.391. The maximum atomic E-state index is 13.0. The number of fused-ring (bicyclic) bond motifs is 1. The Morgan fingerprint density at radius 2 is 1.82 bits per heavy atom. The van der Waals surface area contributed by atoms with Crippen molar-refractivity contribution in [1.82, 2.24) is 4.98 Å². The predicted octanol–water partition coefficient (Wildman–Crippen LogP) is 3.55. The summed E-state index contributed by atoms with van der Waals surface area (Å²) in [4.78, 5) is 31.4. The molecule has 0 fully saturated rings. The maximum absolute atomic E-state index is 13.0. The van der Waals surface area contributed by atoms with E-state index in [1.165, 1.54) is 22.3 Å². The van der Waals surface area contributed by atoms with Crippen LogP contribution in [0, 0.1) is 0 Å². The third-order valence-electron chi connectivity index (χ3n) is 5.44.